The number of nitrogens with one attached hydrogen (secondary N) is 1. The van der Waals surface area contributed by atoms with Crippen molar-refractivity contribution in [1.82, 2.24) is 20.1 Å². The number of carbonyl (C=O) groups is 3. The number of carbonyl (C=O) groups excluding carboxylic acids is 2. The first-order valence-corrected chi connectivity index (χ1v) is 15.1. The van der Waals surface area contributed by atoms with Crippen molar-refractivity contribution >= 4 is 35.0 Å². The number of fused-ring (bicyclic) bond motifs is 1. The van der Waals surface area contributed by atoms with Crippen LogP contribution in [0.2, 0.25) is 0 Å². The summed E-state index contributed by atoms with van der Waals surface area (Å²) in [6.07, 6.45) is 1.15. The average molecular weight is 634 g/mol. The van der Waals surface area contributed by atoms with Crippen molar-refractivity contribution in [2.24, 2.45) is 16.3 Å². The first-order valence-electron chi connectivity index (χ1n) is 14.3. The Bertz CT molecular complexity index is 1530. The van der Waals surface area contributed by atoms with Gasteiger partial charge in [0.25, 0.3) is 5.92 Å². The predicted molar refractivity (Wildman–Crippen MR) is 156 cm³/mol. The van der Waals surface area contributed by atoms with Gasteiger partial charge in [0.15, 0.2) is 10.8 Å². The molecule has 2 N–H and O–H groups in total. The van der Waals surface area contributed by atoms with Crippen LogP contribution in [0.1, 0.15) is 49.4 Å². The molecule has 0 radical (unpaired) electrons. The second kappa shape index (κ2) is 12.0. The fourth-order valence-electron chi connectivity index (χ4n) is 6.05. The molecule has 5 rings (SSSR count). The molecule has 4 heterocycles. The molecule has 2 fully saturated rings. The number of hydrogen-bond acceptors (Lipinski definition) is 9. The van der Waals surface area contributed by atoms with Gasteiger partial charge in [-0.15, -0.1) is 11.3 Å². The van der Waals surface area contributed by atoms with Gasteiger partial charge in [0.05, 0.1) is 30.1 Å². The van der Waals surface area contributed by atoms with Crippen LogP contribution in [0.4, 0.5) is 13.2 Å². The first kappa shape index (κ1) is 31.6. The number of ether oxygens (including phenoxy) is 1. The maximum atomic E-state index is 15.5. The summed E-state index contributed by atoms with van der Waals surface area (Å²) in [5.41, 5.74) is -0.283. The van der Waals surface area contributed by atoms with Gasteiger partial charge in [0, 0.05) is 49.4 Å². The van der Waals surface area contributed by atoms with Crippen molar-refractivity contribution in [3.63, 3.8) is 0 Å². The van der Waals surface area contributed by atoms with Crippen LogP contribution in [0.5, 0.6) is 0 Å². The van der Waals surface area contributed by atoms with Gasteiger partial charge in [-0.1, -0.05) is 12.1 Å². The fraction of sp³-hybridized carbons (Fsp3) is 0.500. The van der Waals surface area contributed by atoms with E-state index in [1.807, 2.05) is 0 Å². The lowest BCUT2D eigenvalue weighted by Crippen LogP contribution is -2.55. The number of carboxylic acids is 1. The van der Waals surface area contributed by atoms with Gasteiger partial charge in [0.1, 0.15) is 11.9 Å². The number of likely N-dealkylation sites (tertiary alicyclic amines) is 2. The second-order valence-electron chi connectivity index (χ2n) is 11.9. The molecule has 1 aromatic heterocycles. The van der Waals surface area contributed by atoms with Crippen LogP contribution in [-0.4, -0.2) is 88.3 Å². The van der Waals surface area contributed by atoms with Crippen LogP contribution >= 0.6 is 11.3 Å². The Morgan fingerprint density at radius 1 is 1.30 bits per heavy atom. The van der Waals surface area contributed by atoms with E-state index in [1.165, 1.54) is 47.1 Å². The summed E-state index contributed by atoms with van der Waals surface area (Å²) < 4.78 is 51.1. The van der Waals surface area contributed by atoms with Crippen molar-refractivity contribution in [3.8, 4) is 0 Å². The number of amidine groups is 1. The molecular formula is C30H34F3N5O5S. The van der Waals surface area contributed by atoms with Gasteiger partial charge in [-0.05, 0) is 44.9 Å². The van der Waals surface area contributed by atoms with Crippen LogP contribution in [0.25, 0.3) is 0 Å². The zero-order chi connectivity index (χ0) is 32.0. The number of rotatable bonds is 9. The number of nitrogens with zero attached hydrogens (tertiary/aromatic N) is 4. The number of aliphatic carboxylic acids is 1. The monoisotopic (exact) mass is 633 g/mol. The fourth-order valence-corrected chi connectivity index (χ4v) is 6.64. The van der Waals surface area contributed by atoms with E-state index in [0.29, 0.717) is 16.4 Å². The van der Waals surface area contributed by atoms with Crippen molar-refractivity contribution in [2.75, 3.05) is 32.8 Å². The van der Waals surface area contributed by atoms with Crippen molar-refractivity contribution in [1.29, 1.82) is 0 Å². The Morgan fingerprint density at radius 2 is 2.05 bits per heavy atom. The topological polar surface area (TPSA) is 124 Å². The largest absolute Gasteiger partial charge is 0.481 e. The third kappa shape index (κ3) is 5.96. The highest BCUT2D eigenvalue weighted by Crippen LogP contribution is 2.44. The van der Waals surface area contributed by atoms with E-state index in [-0.39, 0.29) is 43.1 Å². The van der Waals surface area contributed by atoms with Gasteiger partial charge < -0.3 is 20.1 Å². The summed E-state index contributed by atoms with van der Waals surface area (Å²) >= 11 is 1.28. The Kier molecular flexibility index (Phi) is 8.60. The number of aliphatic imine (C=N–C) groups is 1. The van der Waals surface area contributed by atoms with Crippen LogP contribution in [0.15, 0.2) is 46.0 Å². The number of hydrogen-bond donors (Lipinski definition) is 2. The SMILES string of the molecule is CCOC(=O)C1=C(CN2CC(F)(F)[C@H]3CC(=O)N(CC(C)(C)C(=O)O)C[C@H]32)NC(c2nccs2)=N[C@H]1c1cccc(F)c1C. The summed E-state index contributed by atoms with van der Waals surface area (Å²) in [7, 11) is 0. The zero-order valence-corrected chi connectivity index (χ0v) is 25.6. The third-order valence-corrected chi connectivity index (χ3v) is 9.21. The second-order valence-corrected chi connectivity index (χ2v) is 12.8. The van der Waals surface area contributed by atoms with Gasteiger partial charge in [0.2, 0.25) is 5.91 Å². The number of halogens is 3. The molecule has 3 aliphatic rings. The molecule has 0 unspecified atom stereocenters. The van der Waals surface area contributed by atoms with Gasteiger partial charge in [-0.25, -0.2) is 22.9 Å². The van der Waals surface area contributed by atoms with E-state index < -0.39 is 66.0 Å². The molecule has 0 bridgehead atoms. The minimum absolute atomic E-state index is 0.0381. The van der Waals surface area contributed by atoms with Gasteiger partial charge in [-0.2, -0.15) is 0 Å². The highest BCUT2D eigenvalue weighted by atomic mass is 32.1. The number of alkyl halides is 2. The first-order chi connectivity index (χ1) is 20.7. The summed E-state index contributed by atoms with van der Waals surface area (Å²) in [6, 6.07) is 2.64. The molecule has 236 valence electrons. The normalized spacial score (nSPS) is 23.7. The third-order valence-electron chi connectivity index (χ3n) is 8.43. The molecule has 0 aliphatic carbocycles. The standard InChI is InChI=1S/C30H34F3N5O5S/c1-5-43-27(40)23-20(35-25(26-34-9-10-44-26)36-24(23)17-7-6-8-19(31)16(17)2)12-37-15-30(32,33)18-11-22(39)38(13-21(18)37)14-29(3,4)28(41)42/h6-10,18,21,24H,5,11-15H2,1-4H3,(H,35,36)(H,41,42)/t18-,21+,24-/m0/s1. The van der Waals surface area contributed by atoms with E-state index >= 15 is 8.78 Å². The molecule has 2 aromatic rings. The summed E-state index contributed by atoms with van der Waals surface area (Å²) in [5.74, 6) is -7.05. The number of aromatic nitrogens is 1. The molecule has 3 aliphatic heterocycles. The minimum atomic E-state index is -3.21. The highest BCUT2D eigenvalue weighted by molar-refractivity contribution is 7.11. The molecule has 0 spiro atoms. The number of piperidine rings is 1. The molecule has 0 saturated carbocycles. The van der Waals surface area contributed by atoms with E-state index in [4.69, 9.17) is 9.73 Å². The molecule has 14 heteroatoms. The quantitative estimate of drug-likeness (QED) is 0.400. The van der Waals surface area contributed by atoms with Gasteiger partial charge >= 0.3 is 11.9 Å². The average Bonchev–Trinajstić information content (AvgIpc) is 3.57. The molecular weight excluding hydrogens is 599 g/mol. The lowest BCUT2D eigenvalue weighted by molar-refractivity contribution is -0.152. The lowest BCUT2D eigenvalue weighted by Gasteiger charge is -2.41. The Hall–Kier alpha value is -3.78. The minimum Gasteiger partial charge on any atom is -0.481 e. The van der Waals surface area contributed by atoms with Crippen molar-refractivity contribution in [2.45, 2.75) is 52.1 Å². The lowest BCUT2D eigenvalue weighted by atomic mass is 9.86. The van der Waals surface area contributed by atoms with E-state index in [2.05, 4.69) is 10.3 Å². The van der Waals surface area contributed by atoms with Crippen LogP contribution in [0, 0.1) is 24.1 Å². The number of carboxylic acid groups (broad SMARTS) is 1. The van der Waals surface area contributed by atoms with E-state index in [0.717, 1.165) is 0 Å². The molecule has 10 nitrogen and oxygen atoms in total. The summed E-state index contributed by atoms with van der Waals surface area (Å²) in [4.78, 5) is 50.1. The Balaban J connectivity index is 1.56. The maximum absolute atomic E-state index is 15.5. The van der Waals surface area contributed by atoms with E-state index in [9.17, 15) is 23.9 Å². The van der Waals surface area contributed by atoms with Gasteiger partial charge in [-0.3, -0.25) is 19.5 Å². The summed E-state index contributed by atoms with van der Waals surface area (Å²) in [5, 5.41) is 15.0. The number of benzene rings is 1. The molecule has 44 heavy (non-hydrogen) atoms. The summed E-state index contributed by atoms with van der Waals surface area (Å²) in [6.45, 7) is 5.13. The van der Waals surface area contributed by atoms with Crippen LogP contribution in [0.3, 0.4) is 0 Å². The maximum Gasteiger partial charge on any atom is 0.338 e. The predicted octanol–water partition coefficient (Wildman–Crippen LogP) is 3.78. The van der Waals surface area contributed by atoms with Crippen LogP contribution < -0.4 is 5.32 Å². The number of thiazole rings is 1. The Labute approximate surface area is 256 Å². The number of amides is 1. The molecule has 1 amide bonds. The Morgan fingerprint density at radius 3 is 2.70 bits per heavy atom. The molecule has 3 atom stereocenters. The van der Waals surface area contributed by atoms with Crippen molar-refractivity contribution < 1.29 is 37.4 Å². The smallest absolute Gasteiger partial charge is 0.338 e. The molecule has 1 aromatic carbocycles. The van der Waals surface area contributed by atoms with Crippen LogP contribution in [-0.2, 0) is 19.1 Å². The van der Waals surface area contributed by atoms with E-state index in [1.54, 1.807) is 31.5 Å². The number of esters is 1. The van der Waals surface area contributed by atoms with Crippen molar-refractivity contribution in [3.05, 3.63) is 63.0 Å². The highest BCUT2D eigenvalue weighted by Gasteiger charge is 2.58. The molecule has 2 saturated heterocycles. The zero-order valence-electron chi connectivity index (χ0n) is 24.8.